The number of amides is 1. The largest absolute Gasteiger partial charge is 0.339 e. The van der Waals surface area contributed by atoms with Gasteiger partial charge >= 0.3 is 0 Å². The number of benzene rings is 1. The molecule has 1 aliphatic rings. The van der Waals surface area contributed by atoms with E-state index in [0.717, 1.165) is 5.56 Å². The molecule has 0 bridgehead atoms. The van der Waals surface area contributed by atoms with Gasteiger partial charge in [-0.1, -0.05) is 35.3 Å². The summed E-state index contributed by atoms with van der Waals surface area (Å²) in [4.78, 5) is 15.9. The standard InChI is InChI=1S/C15H21Cl2N3O3S/c1-18(10-12-4-3-5-13(16)15(12)17)11-14(21)19-6-8-20(9-7-19)24(2,22)23/h3-5H,6-11H2,1-2H3. The fraction of sp³-hybridized carbons (Fsp3) is 0.533. The smallest absolute Gasteiger partial charge is 0.236 e. The molecule has 0 saturated carbocycles. The number of piperazine rings is 1. The van der Waals surface area contributed by atoms with E-state index in [1.807, 2.05) is 24.1 Å². The summed E-state index contributed by atoms with van der Waals surface area (Å²) in [6, 6.07) is 5.42. The molecule has 0 radical (unpaired) electrons. The van der Waals surface area contributed by atoms with E-state index in [0.29, 0.717) is 42.8 Å². The lowest BCUT2D eigenvalue weighted by atomic mass is 10.2. The van der Waals surface area contributed by atoms with Gasteiger partial charge in [-0.15, -0.1) is 0 Å². The zero-order valence-corrected chi connectivity index (χ0v) is 16.0. The van der Waals surface area contributed by atoms with E-state index in [1.165, 1.54) is 10.6 Å². The van der Waals surface area contributed by atoms with Crippen LogP contribution >= 0.6 is 23.2 Å². The summed E-state index contributed by atoms with van der Waals surface area (Å²) in [5.74, 6) is -0.0243. The third-order valence-electron chi connectivity index (χ3n) is 3.94. The van der Waals surface area contributed by atoms with Crippen LogP contribution in [0.2, 0.25) is 10.0 Å². The number of sulfonamides is 1. The van der Waals surface area contributed by atoms with E-state index in [9.17, 15) is 13.2 Å². The minimum Gasteiger partial charge on any atom is -0.339 e. The first-order chi connectivity index (χ1) is 11.2. The van der Waals surface area contributed by atoms with Crippen LogP contribution in [0.3, 0.4) is 0 Å². The fourth-order valence-electron chi connectivity index (χ4n) is 2.62. The van der Waals surface area contributed by atoms with Crippen molar-refractivity contribution in [1.82, 2.24) is 14.1 Å². The monoisotopic (exact) mass is 393 g/mol. The third-order valence-corrected chi connectivity index (χ3v) is 6.10. The molecule has 0 aliphatic carbocycles. The van der Waals surface area contributed by atoms with Crippen LogP contribution in [0, 0.1) is 0 Å². The second-order valence-corrected chi connectivity index (χ2v) is 8.70. The van der Waals surface area contributed by atoms with Crippen LogP contribution in [0.5, 0.6) is 0 Å². The molecule has 1 heterocycles. The number of nitrogens with zero attached hydrogens (tertiary/aromatic N) is 3. The lowest BCUT2D eigenvalue weighted by Gasteiger charge is -2.34. The molecule has 1 fully saturated rings. The van der Waals surface area contributed by atoms with Crippen molar-refractivity contribution in [1.29, 1.82) is 0 Å². The van der Waals surface area contributed by atoms with E-state index in [4.69, 9.17) is 23.2 Å². The average molecular weight is 394 g/mol. The van der Waals surface area contributed by atoms with Crippen LogP contribution in [0.4, 0.5) is 0 Å². The molecule has 1 saturated heterocycles. The molecule has 6 nitrogen and oxygen atoms in total. The molecule has 134 valence electrons. The molecule has 24 heavy (non-hydrogen) atoms. The van der Waals surface area contributed by atoms with Crippen LogP contribution in [0.15, 0.2) is 18.2 Å². The summed E-state index contributed by atoms with van der Waals surface area (Å²) < 4.78 is 24.4. The van der Waals surface area contributed by atoms with Crippen molar-refractivity contribution in [2.45, 2.75) is 6.54 Å². The fourth-order valence-corrected chi connectivity index (χ4v) is 3.82. The summed E-state index contributed by atoms with van der Waals surface area (Å²) in [6.07, 6.45) is 1.19. The predicted molar refractivity (Wildman–Crippen MR) is 95.8 cm³/mol. The number of rotatable bonds is 5. The Morgan fingerprint density at radius 1 is 1.21 bits per heavy atom. The molecule has 1 amide bonds. The zero-order valence-electron chi connectivity index (χ0n) is 13.7. The molecule has 0 N–H and O–H groups in total. The Labute approximate surface area is 153 Å². The maximum absolute atomic E-state index is 12.4. The first-order valence-corrected chi connectivity index (χ1v) is 10.1. The molecule has 0 aromatic heterocycles. The van der Waals surface area contributed by atoms with Crippen molar-refractivity contribution in [2.75, 3.05) is 46.0 Å². The van der Waals surface area contributed by atoms with Gasteiger partial charge in [0.15, 0.2) is 0 Å². The summed E-state index contributed by atoms with van der Waals surface area (Å²) >= 11 is 12.2. The average Bonchev–Trinajstić information content (AvgIpc) is 2.51. The molecular weight excluding hydrogens is 373 g/mol. The second-order valence-electron chi connectivity index (χ2n) is 5.93. The summed E-state index contributed by atoms with van der Waals surface area (Å²) in [5.41, 5.74) is 0.862. The number of carbonyl (C=O) groups is 1. The minimum absolute atomic E-state index is 0.0243. The molecule has 1 aromatic carbocycles. The van der Waals surface area contributed by atoms with Crippen molar-refractivity contribution in [3.05, 3.63) is 33.8 Å². The summed E-state index contributed by atoms with van der Waals surface area (Å²) in [5, 5.41) is 0.992. The van der Waals surface area contributed by atoms with Gasteiger partial charge in [0.25, 0.3) is 0 Å². The lowest BCUT2D eigenvalue weighted by molar-refractivity contribution is -0.133. The lowest BCUT2D eigenvalue weighted by Crippen LogP contribution is -2.52. The molecule has 9 heteroatoms. The van der Waals surface area contributed by atoms with Crippen molar-refractivity contribution < 1.29 is 13.2 Å². The third kappa shape index (κ3) is 5.07. The molecule has 0 spiro atoms. The Morgan fingerprint density at radius 2 is 1.83 bits per heavy atom. The van der Waals surface area contributed by atoms with Crippen LogP contribution < -0.4 is 0 Å². The topological polar surface area (TPSA) is 60.9 Å². The molecule has 0 atom stereocenters. The van der Waals surface area contributed by atoms with Gasteiger partial charge in [0.1, 0.15) is 0 Å². The Kier molecular flexibility index (Phi) is 6.50. The maximum Gasteiger partial charge on any atom is 0.236 e. The molecule has 2 rings (SSSR count). The van der Waals surface area contributed by atoms with E-state index in [2.05, 4.69) is 0 Å². The molecular formula is C15H21Cl2N3O3S. The van der Waals surface area contributed by atoms with Gasteiger partial charge < -0.3 is 4.90 Å². The van der Waals surface area contributed by atoms with Crippen LogP contribution in [0.1, 0.15) is 5.56 Å². The molecule has 1 aliphatic heterocycles. The first-order valence-electron chi connectivity index (χ1n) is 7.53. The minimum atomic E-state index is -3.19. The number of likely N-dealkylation sites (N-methyl/N-ethyl adjacent to an activating group) is 1. The second kappa shape index (κ2) is 8.01. The van der Waals surface area contributed by atoms with Gasteiger partial charge in [0.2, 0.25) is 15.9 Å². The number of hydrogen-bond acceptors (Lipinski definition) is 4. The normalized spacial score (nSPS) is 16.6. The number of carbonyl (C=O) groups excluding carboxylic acids is 1. The maximum atomic E-state index is 12.4. The van der Waals surface area contributed by atoms with Crippen molar-refractivity contribution in [3.63, 3.8) is 0 Å². The Hall–Kier alpha value is -0.860. The quantitative estimate of drug-likeness (QED) is 0.760. The van der Waals surface area contributed by atoms with E-state index in [-0.39, 0.29) is 12.5 Å². The van der Waals surface area contributed by atoms with Crippen molar-refractivity contribution in [2.24, 2.45) is 0 Å². The predicted octanol–water partition coefficient (Wildman–Crippen LogP) is 1.53. The highest BCUT2D eigenvalue weighted by Gasteiger charge is 2.26. The van der Waals surface area contributed by atoms with Gasteiger partial charge in [0, 0.05) is 32.7 Å². The van der Waals surface area contributed by atoms with Gasteiger partial charge in [-0.3, -0.25) is 9.69 Å². The Bertz CT molecular complexity index is 704. The highest BCUT2D eigenvalue weighted by molar-refractivity contribution is 7.88. The number of hydrogen-bond donors (Lipinski definition) is 0. The Morgan fingerprint density at radius 3 is 2.42 bits per heavy atom. The van der Waals surface area contributed by atoms with Crippen molar-refractivity contribution >= 4 is 39.1 Å². The van der Waals surface area contributed by atoms with E-state index in [1.54, 1.807) is 11.0 Å². The van der Waals surface area contributed by atoms with Gasteiger partial charge in [-0.05, 0) is 18.7 Å². The van der Waals surface area contributed by atoms with Gasteiger partial charge in [-0.2, -0.15) is 4.31 Å². The van der Waals surface area contributed by atoms with Gasteiger partial charge in [0.05, 0.1) is 22.8 Å². The van der Waals surface area contributed by atoms with E-state index >= 15 is 0 Å². The van der Waals surface area contributed by atoms with Crippen LogP contribution in [-0.2, 0) is 21.4 Å². The van der Waals surface area contributed by atoms with Gasteiger partial charge in [-0.25, -0.2) is 8.42 Å². The zero-order chi connectivity index (χ0) is 17.9. The highest BCUT2D eigenvalue weighted by Crippen LogP contribution is 2.26. The summed E-state index contributed by atoms with van der Waals surface area (Å²) in [7, 11) is -1.35. The first kappa shape index (κ1) is 19.5. The van der Waals surface area contributed by atoms with Crippen LogP contribution in [-0.4, -0.2) is 74.5 Å². The Balaban J connectivity index is 1.87. The van der Waals surface area contributed by atoms with Crippen molar-refractivity contribution in [3.8, 4) is 0 Å². The highest BCUT2D eigenvalue weighted by atomic mass is 35.5. The molecule has 1 aromatic rings. The molecule has 0 unspecified atom stereocenters. The summed E-state index contributed by atoms with van der Waals surface area (Å²) in [6.45, 7) is 2.26. The van der Waals surface area contributed by atoms with E-state index < -0.39 is 10.0 Å². The SMILES string of the molecule is CN(CC(=O)N1CCN(S(C)(=O)=O)CC1)Cc1cccc(Cl)c1Cl. The van der Waals surface area contributed by atoms with Crippen LogP contribution in [0.25, 0.3) is 0 Å². The number of halogens is 2.